The van der Waals surface area contributed by atoms with Crippen molar-refractivity contribution >= 4 is 39.8 Å². The van der Waals surface area contributed by atoms with Crippen LogP contribution in [0.15, 0.2) is 11.4 Å². The monoisotopic (exact) mass is 362 g/mol. The summed E-state index contributed by atoms with van der Waals surface area (Å²) in [7, 11) is 0. The number of amides is 1. The summed E-state index contributed by atoms with van der Waals surface area (Å²) in [4.78, 5) is 14.3. The van der Waals surface area contributed by atoms with Crippen LogP contribution in [0.2, 0.25) is 0 Å². The Labute approximate surface area is 119 Å². The van der Waals surface area contributed by atoms with Crippen molar-refractivity contribution in [3.05, 3.63) is 19.9 Å². The molecule has 1 unspecified atom stereocenters. The zero-order chi connectivity index (χ0) is 11.9. The van der Waals surface area contributed by atoms with E-state index in [1.807, 2.05) is 16.3 Å². The lowest BCUT2D eigenvalue weighted by molar-refractivity contribution is 0.0776. The van der Waals surface area contributed by atoms with Crippen molar-refractivity contribution in [2.45, 2.75) is 12.8 Å². The highest BCUT2D eigenvalue weighted by Crippen LogP contribution is 2.36. The average molecular weight is 362 g/mol. The molecule has 0 aromatic carbocycles. The van der Waals surface area contributed by atoms with Crippen molar-refractivity contribution in [3.8, 4) is 0 Å². The second-order valence-electron chi connectivity index (χ2n) is 5.04. The lowest BCUT2D eigenvalue weighted by Gasteiger charge is -2.22. The summed E-state index contributed by atoms with van der Waals surface area (Å²) in [6, 6.07) is 1.99. The molecule has 2 fully saturated rings. The first-order valence-electron chi connectivity index (χ1n) is 5.93. The van der Waals surface area contributed by atoms with E-state index in [4.69, 9.17) is 0 Å². The van der Waals surface area contributed by atoms with Gasteiger partial charge < -0.3 is 10.2 Å². The highest BCUT2D eigenvalue weighted by molar-refractivity contribution is 14.1. The first kappa shape index (κ1) is 11.9. The van der Waals surface area contributed by atoms with E-state index in [9.17, 15) is 4.79 Å². The van der Waals surface area contributed by atoms with Crippen molar-refractivity contribution in [1.29, 1.82) is 0 Å². The van der Waals surface area contributed by atoms with E-state index in [-0.39, 0.29) is 5.91 Å². The van der Waals surface area contributed by atoms with Crippen LogP contribution in [0.25, 0.3) is 0 Å². The third-order valence-corrected chi connectivity index (χ3v) is 5.66. The number of nitrogens with one attached hydrogen (secondary N) is 1. The highest BCUT2D eigenvalue weighted by atomic mass is 127. The Kier molecular flexibility index (Phi) is 3.16. The van der Waals surface area contributed by atoms with E-state index in [1.165, 1.54) is 9.30 Å². The van der Waals surface area contributed by atoms with Crippen molar-refractivity contribution < 1.29 is 4.79 Å². The Balaban J connectivity index is 1.72. The smallest absolute Gasteiger partial charge is 0.254 e. The summed E-state index contributed by atoms with van der Waals surface area (Å²) in [6.07, 6.45) is 2.38. The predicted octanol–water partition coefficient (Wildman–Crippen LogP) is 2.18. The number of nitrogens with zero attached hydrogens (tertiary/aromatic N) is 1. The first-order valence-corrected chi connectivity index (χ1v) is 7.88. The second kappa shape index (κ2) is 4.51. The average Bonchev–Trinajstić information content (AvgIpc) is 3.02. The van der Waals surface area contributed by atoms with E-state index in [1.54, 1.807) is 11.3 Å². The SMILES string of the molecule is O=C(c1csc(I)c1)N1CCC2(CCNC2)C1. The molecule has 92 valence electrons. The van der Waals surface area contributed by atoms with Crippen molar-refractivity contribution in [2.75, 3.05) is 26.2 Å². The number of halogens is 1. The van der Waals surface area contributed by atoms with Gasteiger partial charge >= 0.3 is 0 Å². The molecule has 0 saturated carbocycles. The summed E-state index contributed by atoms with van der Waals surface area (Å²) in [5.74, 6) is 0.216. The molecule has 3 rings (SSSR count). The van der Waals surface area contributed by atoms with Gasteiger partial charge in [0.05, 0.1) is 8.45 Å². The molecule has 5 heteroatoms. The van der Waals surface area contributed by atoms with Crippen molar-refractivity contribution in [2.24, 2.45) is 5.41 Å². The third-order valence-electron chi connectivity index (χ3n) is 3.87. The van der Waals surface area contributed by atoms with Crippen molar-refractivity contribution in [1.82, 2.24) is 10.2 Å². The van der Waals surface area contributed by atoms with Crippen LogP contribution in [-0.4, -0.2) is 37.0 Å². The number of carbonyl (C=O) groups is 1. The maximum absolute atomic E-state index is 12.3. The Morgan fingerprint density at radius 1 is 1.53 bits per heavy atom. The highest BCUT2D eigenvalue weighted by Gasteiger charge is 2.41. The molecule has 1 spiro atoms. The minimum absolute atomic E-state index is 0.216. The van der Waals surface area contributed by atoms with Gasteiger partial charge in [0.2, 0.25) is 0 Å². The minimum Gasteiger partial charge on any atom is -0.338 e. The van der Waals surface area contributed by atoms with E-state index in [0.717, 1.165) is 38.2 Å². The predicted molar refractivity (Wildman–Crippen MR) is 77.5 cm³/mol. The van der Waals surface area contributed by atoms with Gasteiger partial charge in [0, 0.05) is 30.4 Å². The van der Waals surface area contributed by atoms with Crippen LogP contribution >= 0.6 is 33.9 Å². The van der Waals surface area contributed by atoms with Crippen LogP contribution in [0.1, 0.15) is 23.2 Å². The molecule has 2 aliphatic rings. The maximum atomic E-state index is 12.3. The van der Waals surface area contributed by atoms with Gasteiger partial charge in [-0.3, -0.25) is 4.79 Å². The fourth-order valence-electron chi connectivity index (χ4n) is 2.86. The van der Waals surface area contributed by atoms with Crippen LogP contribution in [0.3, 0.4) is 0 Å². The molecule has 1 amide bonds. The summed E-state index contributed by atoms with van der Waals surface area (Å²) in [5, 5.41) is 5.40. The summed E-state index contributed by atoms with van der Waals surface area (Å²) >= 11 is 3.91. The molecular weight excluding hydrogens is 347 g/mol. The Morgan fingerprint density at radius 3 is 3.06 bits per heavy atom. The zero-order valence-corrected chi connectivity index (χ0v) is 12.5. The molecule has 2 saturated heterocycles. The largest absolute Gasteiger partial charge is 0.338 e. The number of likely N-dealkylation sites (tertiary alicyclic amines) is 1. The number of carbonyl (C=O) groups excluding carboxylic acids is 1. The van der Waals surface area contributed by atoms with Gasteiger partial charge in [-0.05, 0) is 48.0 Å². The molecule has 1 N–H and O–H groups in total. The van der Waals surface area contributed by atoms with Gasteiger partial charge in [0.1, 0.15) is 0 Å². The molecule has 2 aliphatic heterocycles. The zero-order valence-electron chi connectivity index (χ0n) is 9.54. The minimum atomic E-state index is 0.216. The summed E-state index contributed by atoms with van der Waals surface area (Å²) in [5.41, 5.74) is 1.24. The quantitative estimate of drug-likeness (QED) is 0.777. The van der Waals surface area contributed by atoms with Gasteiger partial charge in [-0.25, -0.2) is 0 Å². The Hall–Kier alpha value is -0.140. The van der Waals surface area contributed by atoms with E-state index in [2.05, 4.69) is 27.9 Å². The first-order chi connectivity index (χ1) is 8.19. The molecule has 0 aliphatic carbocycles. The van der Waals surface area contributed by atoms with Gasteiger partial charge in [0.25, 0.3) is 5.91 Å². The van der Waals surface area contributed by atoms with Gasteiger partial charge in [-0.2, -0.15) is 0 Å². The van der Waals surface area contributed by atoms with Crippen LogP contribution in [0, 0.1) is 8.30 Å². The normalized spacial score (nSPS) is 28.2. The topological polar surface area (TPSA) is 32.3 Å². The van der Waals surface area contributed by atoms with Crippen LogP contribution in [0.5, 0.6) is 0 Å². The fraction of sp³-hybridized carbons (Fsp3) is 0.583. The van der Waals surface area contributed by atoms with E-state index >= 15 is 0 Å². The Morgan fingerprint density at radius 2 is 2.41 bits per heavy atom. The van der Waals surface area contributed by atoms with Crippen LogP contribution < -0.4 is 5.32 Å². The van der Waals surface area contributed by atoms with Crippen molar-refractivity contribution in [3.63, 3.8) is 0 Å². The Bertz CT molecular complexity index is 439. The molecule has 17 heavy (non-hydrogen) atoms. The van der Waals surface area contributed by atoms with Crippen LogP contribution in [0.4, 0.5) is 0 Å². The number of hydrogen-bond donors (Lipinski definition) is 1. The van der Waals surface area contributed by atoms with Gasteiger partial charge in [-0.1, -0.05) is 0 Å². The molecule has 3 heterocycles. The standard InChI is InChI=1S/C12H15IN2OS/c13-10-5-9(6-17-10)11(16)15-4-2-12(8-15)1-3-14-7-12/h5-6,14H,1-4,7-8H2. The van der Waals surface area contributed by atoms with Gasteiger partial charge in [0.15, 0.2) is 0 Å². The molecule has 3 nitrogen and oxygen atoms in total. The fourth-order valence-corrected chi connectivity index (χ4v) is 4.18. The summed E-state index contributed by atoms with van der Waals surface area (Å²) in [6.45, 7) is 4.05. The van der Waals surface area contributed by atoms with Gasteiger partial charge in [-0.15, -0.1) is 11.3 Å². The maximum Gasteiger partial charge on any atom is 0.254 e. The molecule has 0 radical (unpaired) electrons. The van der Waals surface area contributed by atoms with E-state index in [0.29, 0.717) is 5.41 Å². The lowest BCUT2D eigenvalue weighted by atomic mass is 9.86. The van der Waals surface area contributed by atoms with Crippen LogP contribution in [-0.2, 0) is 0 Å². The molecule has 1 aromatic heterocycles. The summed E-state index contributed by atoms with van der Waals surface area (Å²) < 4.78 is 1.18. The number of rotatable bonds is 1. The molecule has 1 atom stereocenters. The third kappa shape index (κ3) is 2.24. The number of thiophene rings is 1. The molecule has 1 aromatic rings. The van der Waals surface area contributed by atoms with E-state index < -0.39 is 0 Å². The second-order valence-corrected chi connectivity index (χ2v) is 7.85. The lowest BCUT2D eigenvalue weighted by Crippen LogP contribution is -2.33. The molecule has 0 bridgehead atoms. The number of hydrogen-bond acceptors (Lipinski definition) is 3. The molecular formula is C12H15IN2OS.